The van der Waals surface area contributed by atoms with E-state index in [-0.39, 0.29) is 11.3 Å². The first-order valence-electron chi connectivity index (χ1n) is 17.0. The van der Waals surface area contributed by atoms with Gasteiger partial charge in [-0.15, -0.1) is 0 Å². The predicted octanol–water partition coefficient (Wildman–Crippen LogP) is 11.0. The van der Waals surface area contributed by atoms with E-state index < -0.39 is 0 Å². The molecular formula is C40H52N2O. The molecule has 2 aliphatic carbocycles. The zero-order valence-corrected chi connectivity index (χ0v) is 27.2. The standard InChI is InChI=1S/C40H52N2O/c1-6-8-12-33(26-28(4)39-35(29(5)43)13-9-14-36(39)31-15-16-31)38(11-7-2)42-37-22-19-32(25-27(37)3)30-17-20-34(21-18-30)40(41)23-10-24-40/h9,13-14,17-22,25,28,31,33H,6-8,10-12,15-16,23-24,26,41H2,1-5H3/t28-,33-/m1/s1. The van der Waals surface area contributed by atoms with Crippen LogP contribution in [0.25, 0.3) is 11.1 Å². The van der Waals surface area contributed by atoms with Crippen molar-refractivity contribution in [3.05, 3.63) is 88.5 Å². The number of nitrogens with zero attached hydrogens (tertiary/aromatic N) is 1. The first-order chi connectivity index (χ1) is 20.7. The second kappa shape index (κ2) is 13.7. The minimum absolute atomic E-state index is 0.123. The van der Waals surface area contributed by atoms with Crippen LogP contribution in [0.2, 0.25) is 0 Å². The van der Waals surface area contributed by atoms with Crippen molar-refractivity contribution in [2.45, 2.75) is 123 Å². The molecule has 0 saturated heterocycles. The lowest BCUT2D eigenvalue weighted by molar-refractivity contribution is 0.101. The lowest BCUT2D eigenvalue weighted by Gasteiger charge is -2.38. The van der Waals surface area contributed by atoms with Crippen molar-refractivity contribution >= 4 is 17.2 Å². The number of carbonyl (C=O) groups excluding carboxylic acids is 1. The molecule has 3 nitrogen and oxygen atoms in total. The number of carbonyl (C=O) groups is 1. The molecule has 2 fully saturated rings. The summed E-state index contributed by atoms with van der Waals surface area (Å²) in [4.78, 5) is 18.1. The highest BCUT2D eigenvalue weighted by Gasteiger charge is 2.34. The van der Waals surface area contributed by atoms with Crippen LogP contribution in [0.4, 0.5) is 5.69 Å². The van der Waals surface area contributed by atoms with Crippen molar-refractivity contribution in [3.63, 3.8) is 0 Å². The monoisotopic (exact) mass is 576 g/mol. The summed E-state index contributed by atoms with van der Waals surface area (Å²) in [6, 6.07) is 22.0. The summed E-state index contributed by atoms with van der Waals surface area (Å²) in [5.74, 6) is 1.54. The summed E-state index contributed by atoms with van der Waals surface area (Å²) in [6.07, 6.45) is 12.5. The second-order valence-corrected chi connectivity index (χ2v) is 13.6. The highest BCUT2D eigenvalue weighted by molar-refractivity contribution is 5.96. The number of hydrogen-bond donors (Lipinski definition) is 1. The zero-order valence-electron chi connectivity index (χ0n) is 27.2. The average Bonchev–Trinajstić information content (AvgIpc) is 3.84. The molecule has 0 aliphatic heterocycles. The molecule has 0 amide bonds. The van der Waals surface area contributed by atoms with Crippen LogP contribution in [0.15, 0.2) is 65.7 Å². The van der Waals surface area contributed by atoms with E-state index in [1.165, 1.54) is 71.2 Å². The largest absolute Gasteiger partial charge is 0.321 e. The molecule has 43 heavy (non-hydrogen) atoms. The summed E-state index contributed by atoms with van der Waals surface area (Å²) in [5, 5.41) is 0. The smallest absolute Gasteiger partial charge is 0.160 e. The highest BCUT2D eigenvalue weighted by atomic mass is 16.1. The third kappa shape index (κ3) is 7.20. The molecule has 228 valence electrons. The van der Waals surface area contributed by atoms with Crippen molar-refractivity contribution < 1.29 is 4.79 Å². The van der Waals surface area contributed by atoms with Crippen LogP contribution in [0, 0.1) is 12.8 Å². The Morgan fingerprint density at radius 2 is 1.72 bits per heavy atom. The maximum atomic E-state index is 12.7. The number of aliphatic imine (C=N–C) groups is 1. The normalized spacial score (nSPS) is 17.8. The fourth-order valence-electron chi connectivity index (χ4n) is 7.17. The second-order valence-electron chi connectivity index (χ2n) is 13.6. The zero-order chi connectivity index (χ0) is 30.6. The van der Waals surface area contributed by atoms with Gasteiger partial charge in [-0.2, -0.15) is 0 Å². The summed E-state index contributed by atoms with van der Waals surface area (Å²) in [5.41, 5.74) is 17.4. The Balaban J connectivity index is 1.41. The molecular weight excluding hydrogens is 524 g/mol. The SMILES string of the molecule is CCCC[C@H](C[C@@H](C)c1c(C(C)=O)cccc1C1CC1)C(CCC)=Nc1ccc(-c2ccc(C3(N)CCC3)cc2)cc1C. The Morgan fingerprint density at radius 1 is 1.00 bits per heavy atom. The van der Waals surface area contributed by atoms with Gasteiger partial charge in [0.1, 0.15) is 0 Å². The maximum absolute atomic E-state index is 12.7. The number of ketones is 1. The van der Waals surface area contributed by atoms with E-state index in [9.17, 15) is 4.79 Å². The number of aryl methyl sites for hydroxylation is 1. The quantitative estimate of drug-likeness (QED) is 0.153. The van der Waals surface area contributed by atoms with Gasteiger partial charge in [0.2, 0.25) is 0 Å². The molecule has 2 atom stereocenters. The van der Waals surface area contributed by atoms with Crippen molar-refractivity contribution in [3.8, 4) is 11.1 Å². The number of benzene rings is 3. The van der Waals surface area contributed by atoms with Crippen LogP contribution >= 0.6 is 0 Å². The van der Waals surface area contributed by atoms with E-state index in [1.54, 1.807) is 6.92 Å². The molecule has 0 heterocycles. The van der Waals surface area contributed by atoms with Crippen LogP contribution in [0.3, 0.4) is 0 Å². The summed E-state index contributed by atoms with van der Waals surface area (Å²) in [6.45, 7) is 10.8. The maximum Gasteiger partial charge on any atom is 0.160 e. The molecule has 3 heteroatoms. The fraction of sp³-hybridized carbons (Fsp3) is 0.500. The number of rotatable bonds is 14. The third-order valence-corrected chi connectivity index (χ3v) is 10.1. The number of Topliss-reactive ketones (excluding diaryl/α,β-unsaturated/α-hetero) is 1. The van der Waals surface area contributed by atoms with Crippen LogP contribution < -0.4 is 5.73 Å². The third-order valence-electron chi connectivity index (χ3n) is 10.1. The van der Waals surface area contributed by atoms with Gasteiger partial charge in [0.05, 0.1) is 5.69 Å². The van der Waals surface area contributed by atoms with E-state index in [2.05, 4.69) is 82.3 Å². The van der Waals surface area contributed by atoms with E-state index >= 15 is 0 Å². The van der Waals surface area contributed by atoms with Crippen LogP contribution in [0.5, 0.6) is 0 Å². The van der Waals surface area contributed by atoms with Gasteiger partial charge in [-0.3, -0.25) is 9.79 Å². The first-order valence-corrected chi connectivity index (χ1v) is 17.0. The summed E-state index contributed by atoms with van der Waals surface area (Å²) < 4.78 is 0. The molecule has 0 radical (unpaired) electrons. The van der Waals surface area contributed by atoms with E-state index in [0.29, 0.717) is 17.8 Å². The van der Waals surface area contributed by atoms with Crippen molar-refractivity contribution in [1.82, 2.24) is 0 Å². The van der Waals surface area contributed by atoms with Gasteiger partial charge in [-0.25, -0.2) is 0 Å². The molecule has 0 bridgehead atoms. The highest BCUT2D eigenvalue weighted by Crippen LogP contribution is 2.46. The summed E-state index contributed by atoms with van der Waals surface area (Å²) in [7, 11) is 0. The molecule has 2 aliphatic rings. The average molecular weight is 577 g/mol. The minimum Gasteiger partial charge on any atom is -0.321 e. The lowest BCUT2D eigenvalue weighted by atomic mass is 9.72. The predicted molar refractivity (Wildman–Crippen MR) is 183 cm³/mol. The van der Waals surface area contributed by atoms with Gasteiger partial charge in [-0.1, -0.05) is 88.6 Å². The number of nitrogens with two attached hydrogens (primary N) is 1. The van der Waals surface area contributed by atoms with Gasteiger partial charge in [0.15, 0.2) is 5.78 Å². The van der Waals surface area contributed by atoms with Crippen molar-refractivity contribution in [2.24, 2.45) is 16.6 Å². The number of hydrogen-bond acceptors (Lipinski definition) is 3. The van der Waals surface area contributed by atoms with Crippen LogP contribution in [-0.2, 0) is 5.54 Å². The molecule has 0 unspecified atom stereocenters. The molecule has 2 N–H and O–H groups in total. The molecule has 5 rings (SSSR count). The van der Waals surface area contributed by atoms with E-state index in [4.69, 9.17) is 10.7 Å². The molecule has 3 aromatic carbocycles. The van der Waals surface area contributed by atoms with E-state index in [1.807, 2.05) is 6.07 Å². The Labute approximate surface area is 260 Å². The van der Waals surface area contributed by atoms with Crippen molar-refractivity contribution in [2.75, 3.05) is 0 Å². The Hall–Kier alpha value is -3.04. The van der Waals surface area contributed by atoms with Crippen molar-refractivity contribution in [1.29, 1.82) is 0 Å². The Kier molecular flexibility index (Phi) is 10.0. The van der Waals surface area contributed by atoms with Gasteiger partial charge in [-0.05, 0) is 128 Å². The Bertz CT molecular complexity index is 1440. The van der Waals surface area contributed by atoms with Gasteiger partial charge in [0, 0.05) is 16.8 Å². The fourth-order valence-corrected chi connectivity index (χ4v) is 7.17. The molecule has 2 saturated carbocycles. The van der Waals surface area contributed by atoms with Crippen LogP contribution in [-0.4, -0.2) is 11.5 Å². The molecule has 0 aromatic heterocycles. The lowest BCUT2D eigenvalue weighted by Crippen LogP contribution is -2.43. The Morgan fingerprint density at radius 3 is 2.30 bits per heavy atom. The van der Waals surface area contributed by atoms with Gasteiger partial charge < -0.3 is 5.73 Å². The molecule has 0 spiro atoms. The molecule has 3 aromatic rings. The van der Waals surface area contributed by atoms with E-state index in [0.717, 1.165) is 49.8 Å². The minimum atomic E-state index is -0.123. The van der Waals surface area contributed by atoms with Gasteiger partial charge >= 0.3 is 0 Å². The van der Waals surface area contributed by atoms with Gasteiger partial charge in [0.25, 0.3) is 0 Å². The number of unbranched alkanes of at least 4 members (excludes halogenated alkanes) is 1. The first kappa shape index (κ1) is 31.4. The topological polar surface area (TPSA) is 55.5 Å². The van der Waals surface area contributed by atoms with Crippen LogP contribution in [0.1, 0.15) is 143 Å². The summed E-state index contributed by atoms with van der Waals surface area (Å²) >= 11 is 0.